The third-order valence-electron chi connectivity index (χ3n) is 3.36. The Labute approximate surface area is 165 Å². The number of ether oxygens (including phenoxy) is 1. The van der Waals surface area contributed by atoms with Crippen LogP contribution in [0.4, 0.5) is 10.8 Å². The molecule has 0 fully saturated rings. The van der Waals surface area contributed by atoms with Crippen LogP contribution in [0, 0.1) is 0 Å². The highest BCUT2D eigenvalue weighted by Gasteiger charge is 2.10. The number of nitrogens with zero attached hydrogens (tertiary/aromatic N) is 2. The van der Waals surface area contributed by atoms with Gasteiger partial charge in [-0.15, -0.1) is 10.2 Å². The lowest BCUT2D eigenvalue weighted by molar-refractivity contribution is 0.0398. The number of aromatic nitrogens is 2. The number of para-hydroxylation sites is 1. The Hall–Kier alpha value is -1.64. The molecule has 3 rings (SSSR count). The summed E-state index contributed by atoms with van der Waals surface area (Å²) in [4.78, 5) is 0. The highest BCUT2D eigenvalue weighted by molar-refractivity contribution is 8.01. The number of halogens is 1. The average Bonchev–Trinajstić information content (AvgIpc) is 3.10. The minimum absolute atomic E-state index is 0.242. The van der Waals surface area contributed by atoms with Crippen molar-refractivity contribution in [3.05, 3.63) is 65.2 Å². The molecule has 0 aliphatic carbocycles. The molecule has 0 spiro atoms. The second-order valence-corrected chi connectivity index (χ2v) is 8.09. The molecule has 1 aromatic heterocycles. The third-order valence-corrected chi connectivity index (χ3v) is 5.84. The molecule has 3 aromatic rings. The number of benzene rings is 2. The van der Waals surface area contributed by atoms with Gasteiger partial charge in [-0.3, -0.25) is 0 Å². The molecule has 0 saturated heterocycles. The van der Waals surface area contributed by atoms with Crippen LogP contribution in [0.5, 0.6) is 0 Å². The van der Waals surface area contributed by atoms with Gasteiger partial charge in [-0.2, -0.15) is 0 Å². The number of nitrogens with one attached hydrogen (secondary N) is 1. The van der Waals surface area contributed by atoms with Gasteiger partial charge < -0.3 is 15.2 Å². The minimum atomic E-state index is -0.586. The minimum Gasteiger partial charge on any atom is -0.390 e. The Balaban J connectivity index is 1.39. The summed E-state index contributed by atoms with van der Waals surface area (Å²) in [6.45, 7) is 0.623. The van der Waals surface area contributed by atoms with E-state index in [2.05, 4.69) is 15.5 Å². The van der Waals surface area contributed by atoms with E-state index >= 15 is 0 Å². The van der Waals surface area contributed by atoms with Crippen molar-refractivity contribution in [3.63, 3.8) is 0 Å². The molecule has 0 aliphatic rings. The Morgan fingerprint density at radius 1 is 1.12 bits per heavy atom. The maximum atomic E-state index is 10.1. The molecule has 1 atom stereocenters. The van der Waals surface area contributed by atoms with Gasteiger partial charge >= 0.3 is 0 Å². The molecular formula is C18H18ClN3O2S2. The first-order valence-corrected chi connectivity index (χ1v) is 10.2. The fraction of sp³-hybridized carbons (Fsp3) is 0.222. The van der Waals surface area contributed by atoms with Gasteiger partial charge in [0.2, 0.25) is 5.13 Å². The lowest BCUT2D eigenvalue weighted by Crippen LogP contribution is -2.17. The van der Waals surface area contributed by atoms with Crippen molar-refractivity contribution in [1.82, 2.24) is 10.2 Å². The molecule has 26 heavy (non-hydrogen) atoms. The maximum Gasteiger partial charge on any atom is 0.210 e. The highest BCUT2D eigenvalue weighted by Crippen LogP contribution is 2.28. The molecule has 0 radical (unpaired) electrons. The topological polar surface area (TPSA) is 67.3 Å². The van der Waals surface area contributed by atoms with Crippen LogP contribution < -0.4 is 5.32 Å². The molecule has 1 heterocycles. The number of thioether (sulfide) groups is 1. The Bertz CT molecular complexity index is 817. The van der Waals surface area contributed by atoms with E-state index in [-0.39, 0.29) is 6.61 Å². The van der Waals surface area contributed by atoms with Crippen LogP contribution in [-0.2, 0) is 11.3 Å². The van der Waals surface area contributed by atoms with E-state index in [1.54, 1.807) is 0 Å². The molecule has 1 unspecified atom stereocenters. The lowest BCUT2D eigenvalue weighted by atomic mass is 10.2. The third kappa shape index (κ3) is 5.96. The summed E-state index contributed by atoms with van der Waals surface area (Å²) in [7, 11) is 0. The first kappa shape index (κ1) is 19.1. The van der Waals surface area contributed by atoms with Crippen molar-refractivity contribution in [2.75, 3.05) is 17.7 Å². The molecule has 0 bridgehead atoms. The molecular weight excluding hydrogens is 390 g/mol. The molecule has 136 valence electrons. The predicted molar refractivity (Wildman–Crippen MR) is 107 cm³/mol. The van der Waals surface area contributed by atoms with Gasteiger partial charge in [-0.05, 0) is 23.8 Å². The van der Waals surface area contributed by atoms with E-state index in [1.165, 1.54) is 23.1 Å². The molecule has 0 aliphatic heterocycles. The van der Waals surface area contributed by atoms with Crippen LogP contribution in [0.3, 0.4) is 0 Å². The normalized spacial score (nSPS) is 12.1. The van der Waals surface area contributed by atoms with Crippen LogP contribution in [0.15, 0.2) is 58.9 Å². The zero-order valence-corrected chi connectivity index (χ0v) is 16.2. The van der Waals surface area contributed by atoms with Crippen LogP contribution in [0.25, 0.3) is 0 Å². The van der Waals surface area contributed by atoms with E-state index < -0.39 is 6.10 Å². The van der Waals surface area contributed by atoms with E-state index in [1.807, 2.05) is 54.6 Å². The van der Waals surface area contributed by atoms with Crippen molar-refractivity contribution in [3.8, 4) is 0 Å². The van der Waals surface area contributed by atoms with Gasteiger partial charge in [0.1, 0.15) is 0 Å². The second kappa shape index (κ2) is 9.89. The number of hydrogen-bond acceptors (Lipinski definition) is 7. The Morgan fingerprint density at radius 3 is 2.69 bits per heavy atom. The van der Waals surface area contributed by atoms with Crippen LogP contribution in [0.2, 0.25) is 5.02 Å². The summed E-state index contributed by atoms with van der Waals surface area (Å²) in [5.74, 6) is 0.489. The zero-order valence-electron chi connectivity index (χ0n) is 13.8. The molecule has 5 nitrogen and oxygen atoms in total. The smallest absolute Gasteiger partial charge is 0.210 e. The van der Waals surface area contributed by atoms with Gasteiger partial charge in [-0.1, -0.05) is 71.1 Å². The Kier molecular flexibility index (Phi) is 7.28. The average molecular weight is 408 g/mol. The van der Waals surface area contributed by atoms with Crippen LogP contribution in [-0.4, -0.2) is 33.8 Å². The number of anilines is 2. The first-order chi connectivity index (χ1) is 12.7. The SMILES string of the molecule is OC(COCc1ccccc1Cl)CSc1nnc(Nc2ccccc2)s1. The number of rotatable bonds is 9. The number of hydrogen-bond donors (Lipinski definition) is 2. The highest BCUT2D eigenvalue weighted by atomic mass is 35.5. The number of aliphatic hydroxyl groups is 1. The van der Waals surface area contributed by atoms with Gasteiger partial charge in [-0.25, -0.2) is 0 Å². The molecule has 0 saturated carbocycles. The van der Waals surface area contributed by atoms with Gasteiger partial charge in [0.25, 0.3) is 0 Å². The number of aliphatic hydroxyl groups excluding tert-OH is 1. The molecule has 2 N–H and O–H groups in total. The largest absolute Gasteiger partial charge is 0.390 e. The molecule has 0 amide bonds. The summed E-state index contributed by atoms with van der Waals surface area (Å²) < 4.78 is 6.34. The van der Waals surface area contributed by atoms with Crippen molar-refractivity contribution < 1.29 is 9.84 Å². The van der Waals surface area contributed by atoms with Crippen molar-refractivity contribution in [1.29, 1.82) is 0 Å². The lowest BCUT2D eigenvalue weighted by Gasteiger charge is -2.10. The summed E-state index contributed by atoms with van der Waals surface area (Å²) in [5, 5.41) is 22.9. The Morgan fingerprint density at radius 2 is 1.88 bits per heavy atom. The van der Waals surface area contributed by atoms with Crippen LogP contribution >= 0.6 is 34.7 Å². The van der Waals surface area contributed by atoms with Crippen molar-refractivity contribution in [2.45, 2.75) is 17.1 Å². The molecule has 2 aromatic carbocycles. The molecule has 8 heteroatoms. The fourth-order valence-corrected chi connectivity index (χ4v) is 3.99. The summed E-state index contributed by atoms with van der Waals surface area (Å²) in [5.41, 5.74) is 1.88. The van der Waals surface area contributed by atoms with E-state index in [9.17, 15) is 5.11 Å². The fourth-order valence-electron chi connectivity index (χ4n) is 2.10. The van der Waals surface area contributed by atoms with E-state index in [0.29, 0.717) is 17.4 Å². The predicted octanol–water partition coefficient (Wildman–Crippen LogP) is 4.60. The van der Waals surface area contributed by atoms with Crippen molar-refractivity contribution >= 4 is 45.5 Å². The maximum absolute atomic E-state index is 10.1. The monoisotopic (exact) mass is 407 g/mol. The summed E-state index contributed by atoms with van der Waals surface area (Å²) in [6.07, 6.45) is -0.586. The van der Waals surface area contributed by atoms with Crippen LogP contribution in [0.1, 0.15) is 5.56 Å². The van der Waals surface area contributed by atoms with Gasteiger partial charge in [0.15, 0.2) is 4.34 Å². The van der Waals surface area contributed by atoms with Gasteiger partial charge in [0, 0.05) is 16.5 Å². The van der Waals surface area contributed by atoms with Crippen molar-refractivity contribution in [2.24, 2.45) is 0 Å². The first-order valence-electron chi connectivity index (χ1n) is 7.98. The quantitative estimate of drug-likeness (QED) is 0.505. The summed E-state index contributed by atoms with van der Waals surface area (Å²) >= 11 is 8.99. The van der Waals surface area contributed by atoms with E-state index in [0.717, 1.165) is 20.7 Å². The second-order valence-electron chi connectivity index (χ2n) is 5.44. The van der Waals surface area contributed by atoms with Gasteiger partial charge in [0.05, 0.1) is 19.3 Å². The zero-order chi connectivity index (χ0) is 18.2. The standard InChI is InChI=1S/C18H18ClN3O2S2/c19-16-9-5-4-6-13(16)10-24-11-15(23)12-25-18-22-21-17(26-18)20-14-7-2-1-3-8-14/h1-9,15,23H,10-12H2,(H,20,21). The van der Waals surface area contributed by atoms with E-state index in [4.69, 9.17) is 16.3 Å². The summed E-state index contributed by atoms with van der Waals surface area (Å²) in [6, 6.07) is 17.3.